The lowest BCUT2D eigenvalue weighted by molar-refractivity contribution is 0.0733. The summed E-state index contributed by atoms with van der Waals surface area (Å²) < 4.78 is 6.12. The molecule has 0 spiro atoms. The van der Waals surface area contributed by atoms with Gasteiger partial charge in [-0.2, -0.15) is 0 Å². The van der Waals surface area contributed by atoms with Crippen LogP contribution >= 0.6 is 39.1 Å². The van der Waals surface area contributed by atoms with E-state index < -0.39 is 5.97 Å². The third-order valence-corrected chi connectivity index (χ3v) is 4.76. The van der Waals surface area contributed by atoms with E-state index in [1.54, 1.807) is 18.2 Å². The number of hydrogen-bond acceptors (Lipinski definition) is 2. The lowest BCUT2D eigenvalue weighted by Crippen LogP contribution is -2.08. The van der Waals surface area contributed by atoms with E-state index in [1.165, 1.54) is 6.07 Å². The summed E-state index contributed by atoms with van der Waals surface area (Å²) in [7, 11) is 0. The molecule has 0 aromatic heterocycles. The highest BCUT2D eigenvalue weighted by Crippen LogP contribution is 2.31. The van der Waals surface area contributed by atoms with Gasteiger partial charge in [0.05, 0.1) is 20.1 Å². The Morgan fingerprint density at radius 3 is 2.25 bits per heavy atom. The molecule has 0 aliphatic carbocycles. The smallest absolute Gasteiger partial charge is 0.343 e. The van der Waals surface area contributed by atoms with Crippen molar-refractivity contribution in [2.24, 2.45) is 0 Å². The highest BCUT2D eigenvalue weighted by molar-refractivity contribution is 9.10. The third kappa shape index (κ3) is 3.81. The Bertz CT molecular complexity index is 895. The highest BCUT2D eigenvalue weighted by Gasteiger charge is 2.13. The molecule has 0 bridgehead atoms. The molecule has 3 aromatic rings. The van der Waals surface area contributed by atoms with Gasteiger partial charge in [0.15, 0.2) is 0 Å². The Morgan fingerprint density at radius 1 is 0.833 bits per heavy atom. The Kier molecular flexibility index (Phi) is 5.24. The van der Waals surface area contributed by atoms with Gasteiger partial charge in [-0.15, -0.1) is 0 Å². The van der Waals surface area contributed by atoms with Crippen LogP contribution in [-0.2, 0) is 0 Å². The van der Waals surface area contributed by atoms with Crippen molar-refractivity contribution in [2.45, 2.75) is 0 Å². The minimum atomic E-state index is -0.498. The van der Waals surface area contributed by atoms with Gasteiger partial charge in [0.1, 0.15) is 5.75 Å². The molecule has 0 atom stereocenters. The number of halogens is 3. The van der Waals surface area contributed by atoms with Crippen molar-refractivity contribution in [1.82, 2.24) is 0 Å². The van der Waals surface area contributed by atoms with Crippen LogP contribution in [0.3, 0.4) is 0 Å². The van der Waals surface area contributed by atoms with E-state index in [4.69, 9.17) is 27.9 Å². The number of benzene rings is 3. The molecule has 0 amide bonds. The van der Waals surface area contributed by atoms with Gasteiger partial charge >= 0.3 is 5.97 Å². The second kappa shape index (κ2) is 7.39. The van der Waals surface area contributed by atoms with Crippen LogP contribution in [0, 0.1) is 0 Å². The first-order chi connectivity index (χ1) is 11.5. The van der Waals surface area contributed by atoms with Crippen LogP contribution in [-0.4, -0.2) is 5.97 Å². The van der Waals surface area contributed by atoms with Gasteiger partial charge in [0, 0.05) is 0 Å². The summed E-state index contributed by atoms with van der Waals surface area (Å²) in [5.41, 5.74) is 2.45. The second-order valence-corrected chi connectivity index (χ2v) is 6.70. The normalized spacial score (nSPS) is 10.5. The maximum atomic E-state index is 12.2. The molecule has 0 N–H and O–H groups in total. The average Bonchev–Trinajstić information content (AvgIpc) is 2.59. The summed E-state index contributed by atoms with van der Waals surface area (Å²) in [5, 5.41) is 0.700. The van der Waals surface area contributed by atoms with Gasteiger partial charge in [-0.1, -0.05) is 59.6 Å². The van der Waals surface area contributed by atoms with Crippen LogP contribution in [0.5, 0.6) is 5.75 Å². The predicted octanol–water partition coefficient (Wildman–Crippen LogP) is 6.64. The summed E-state index contributed by atoms with van der Waals surface area (Å²) in [6.45, 7) is 0. The number of ether oxygens (including phenoxy) is 1. The number of rotatable bonds is 3. The van der Waals surface area contributed by atoms with E-state index in [1.807, 2.05) is 42.5 Å². The molecule has 0 aliphatic heterocycles. The van der Waals surface area contributed by atoms with Gasteiger partial charge in [0.25, 0.3) is 0 Å². The molecule has 3 aromatic carbocycles. The quantitative estimate of drug-likeness (QED) is 0.349. The van der Waals surface area contributed by atoms with Gasteiger partial charge < -0.3 is 4.74 Å². The largest absolute Gasteiger partial charge is 0.422 e. The van der Waals surface area contributed by atoms with Crippen molar-refractivity contribution in [3.05, 3.63) is 86.8 Å². The van der Waals surface area contributed by atoms with Crippen LogP contribution in [0.25, 0.3) is 11.1 Å². The van der Waals surface area contributed by atoms with E-state index in [2.05, 4.69) is 15.9 Å². The predicted molar refractivity (Wildman–Crippen MR) is 101 cm³/mol. The van der Waals surface area contributed by atoms with Gasteiger partial charge in [-0.05, 0) is 57.4 Å². The Morgan fingerprint density at radius 2 is 1.58 bits per heavy atom. The molecule has 0 unspecified atom stereocenters. The van der Waals surface area contributed by atoms with Crippen molar-refractivity contribution < 1.29 is 9.53 Å². The number of esters is 1. The van der Waals surface area contributed by atoms with Crippen LogP contribution in [0.2, 0.25) is 10.0 Å². The second-order valence-electron chi connectivity index (χ2n) is 5.03. The number of carbonyl (C=O) groups excluding carboxylic acids is 1. The first-order valence-corrected chi connectivity index (χ1v) is 8.61. The van der Waals surface area contributed by atoms with Crippen LogP contribution in [0.15, 0.2) is 71.2 Å². The molecule has 0 radical (unpaired) electrons. The zero-order chi connectivity index (χ0) is 17.1. The van der Waals surface area contributed by atoms with Gasteiger partial charge in [0.2, 0.25) is 0 Å². The lowest BCUT2D eigenvalue weighted by Gasteiger charge is -2.09. The molecule has 0 saturated carbocycles. The van der Waals surface area contributed by atoms with E-state index in [9.17, 15) is 4.79 Å². The van der Waals surface area contributed by atoms with Gasteiger partial charge in [-0.25, -0.2) is 4.79 Å². The molecule has 0 saturated heterocycles. The zero-order valence-corrected chi connectivity index (χ0v) is 15.4. The SMILES string of the molecule is O=C(Oc1ccc(-c2ccccc2)cc1Br)c1ccc(Cl)c(Cl)c1. The molecule has 5 heteroatoms. The zero-order valence-electron chi connectivity index (χ0n) is 12.3. The fourth-order valence-electron chi connectivity index (χ4n) is 2.18. The fraction of sp³-hybridized carbons (Fsp3) is 0. The monoisotopic (exact) mass is 420 g/mol. The number of carbonyl (C=O) groups is 1. The summed E-state index contributed by atoms with van der Waals surface area (Å²) in [6.07, 6.45) is 0. The van der Waals surface area contributed by atoms with Crippen molar-refractivity contribution in [3.8, 4) is 16.9 Å². The third-order valence-electron chi connectivity index (χ3n) is 3.40. The maximum absolute atomic E-state index is 12.2. The Hall–Kier alpha value is -1.81. The summed E-state index contributed by atoms with van der Waals surface area (Å²) in [5.74, 6) is -0.0625. The van der Waals surface area contributed by atoms with Crippen molar-refractivity contribution >= 4 is 45.1 Å². The topological polar surface area (TPSA) is 26.3 Å². The molecule has 2 nitrogen and oxygen atoms in total. The van der Waals surface area contributed by atoms with E-state index in [0.29, 0.717) is 25.8 Å². The molecule has 24 heavy (non-hydrogen) atoms. The number of hydrogen-bond donors (Lipinski definition) is 0. The van der Waals surface area contributed by atoms with Crippen molar-refractivity contribution in [2.75, 3.05) is 0 Å². The first kappa shape index (κ1) is 17.0. The minimum Gasteiger partial charge on any atom is -0.422 e. The van der Waals surface area contributed by atoms with E-state index >= 15 is 0 Å². The molecule has 3 rings (SSSR count). The van der Waals surface area contributed by atoms with E-state index in [-0.39, 0.29) is 0 Å². The molecule has 120 valence electrons. The molecule has 0 heterocycles. The molecule has 0 aliphatic rings. The Labute approximate surface area is 158 Å². The molecule has 0 fully saturated rings. The molecular formula is C19H11BrCl2O2. The summed E-state index contributed by atoms with van der Waals surface area (Å²) in [6, 6.07) is 20.1. The first-order valence-electron chi connectivity index (χ1n) is 7.07. The lowest BCUT2D eigenvalue weighted by atomic mass is 10.1. The summed E-state index contributed by atoms with van der Waals surface area (Å²) >= 11 is 15.2. The fourth-order valence-corrected chi connectivity index (χ4v) is 2.93. The Balaban J connectivity index is 1.82. The maximum Gasteiger partial charge on any atom is 0.343 e. The highest BCUT2D eigenvalue weighted by atomic mass is 79.9. The minimum absolute atomic E-state index is 0.310. The van der Waals surface area contributed by atoms with Gasteiger partial charge in [-0.3, -0.25) is 0 Å². The summed E-state index contributed by atoms with van der Waals surface area (Å²) in [4.78, 5) is 12.2. The molecular weight excluding hydrogens is 411 g/mol. The average molecular weight is 422 g/mol. The van der Waals surface area contributed by atoms with Crippen molar-refractivity contribution in [1.29, 1.82) is 0 Å². The van der Waals surface area contributed by atoms with E-state index in [0.717, 1.165) is 11.1 Å². The van der Waals surface area contributed by atoms with Crippen LogP contribution in [0.4, 0.5) is 0 Å². The van der Waals surface area contributed by atoms with Crippen LogP contribution < -0.4 is 4.74 Å². The van der Waals surface area contributed by atoms with Crippen LogP contribution in [0.1, 0.15) is 10.4 Å². The van der Waals surface area contributed by atoms with Crippen molar-refractivity contribution in [3.63, 3.8) is 0 Å². The standard InChI is InChI=1S/C19H11BrCl2O2/c20-15-10-13(12-4-2-1-3-5-12)7-9-18(15)24-19(23)14-6-8-16(21)17(22)11-14/h1-11H.